The lowest BCUT2D eigenvalue weighted by atomic mass is 9.66. The first-order chi connectivity index (χ1) is 9.09. The van der Waals surface area contributed by atoms with E-state index in [0.29, 0.717) is 18.5 Å². The summed E-state index contributed by atoms with van der Waals surface area (Å²) in [5.74, 6) is -0.665. The quantitative estimate of drug-likeness (QED) is 0.519. The van der Waals surface area contributed by atoms with E-state index < -0.39 is 11.4 Å². The highest BCUT2D eigenvalue weighted by molar-refractivity contribution is 6.10. The van der Waals surface area contributed by atoms with Crippen molar-refractivity contribution in [3.8, 4) is 0 Å². The first-order valence-corrected chi connectivity index (χ1v) is 6.73. The number of esters is 1. The van der Waals surface area contributed by atoms with Gasteiger partial charge in [-0.2, -0.15) is 0 Å². The summed E-state index contributed by atoms with van der Waals surface area (Å²) in [6.07, 6.45) is 4.55. The number of hydrogen-bond donors (Lipinski definition) is 0. The van der Waals surface area contributed by atoms with Crippen LogP contribution < -0.4 is 0 Å². The van der Waals surface area contributed by atoms with Crippen LogP contribution in [0.5, 0.6) is 0 Å². The van der Waals surface area contributed by atoms with Crippen molar-refractivity contribution in [1.29, 1.82) is 0 Å². The molecule has 0 bridgehead atoms. The summed E-state index contributed by atoms with van der Waals surface area (Å²) >= 11 is 0. The van der Waals surface area contributed by atoms with Crippen molar-refractivity contribution in [2.45, 2.75) is 38.1 Å². The van der Waals surface area contributed by atoms with Gasteiger partial charge in [0.05, 0.1) is 7.11 Å². The summed E-state index contributed by atoms with van der Waals surface area (Å²) in [5.41, 5.74) is -0.549. The van der Waals surface area contributed by atoms with Gasteiger partial charge in [0.25, 0.3) is 0 Å². The van der Waals surface area contributed by atoms with E-state index in [0.717, 1.165) is 12.8 Å². The minimum absolute atomic E-state index is 0.00813. The van der Waals surface area contributed by atoms with Gasteiger partial charge in [-0.1, -0.05) is 0 Å². The highest BCUT2D eigenvalue weighted by atomic mass is 16.5. The largest absolute Gasteiger partial charge is 0.468 e. The molecule has 2 aliphatic heterocycles. The van der Waals surface area contributed by atoms with Crippen LogP contribution >= 0.6 is 0 Å². The Morgan fingerprint density at radius 2 is 2.26 bits per heavy atom. The number of nitrogens with zero attached hydrogens (tertiary/aromatic N) is 1. The lowest BCUT2D eigenvalue weighted by molar-refractivity contribution is -0.164. The zero-order valence-electron chi connectivity index (χ0n) is 11.0. The molecule has 19 heavy (non-hydrogen) atoms. The summed E-state index contributed by atoms with van der Waals surface area (Å²) in [5, 5.41) is 0. The molecule has 1 aliphatic carbocycles. The van der Waals surface area contributed by atoms with Crippen molar-refractivity contribution in [3.63, 3.8) is 0 Å². The molecule has 0 N–H and O–H groups in total. The Kier molecular flexibility index (Phi) is 2.73. The fraction of sp³-hybridized carbons (Fsp3) is 0.643. The summed E-state index contributed by atoms with van der Waals surface area (Å²) in [6, 6.07) is 0.155. The van der Waals surface area contributed by atoms with E-state index in [9.17, 15) is 14.4 Å². The molecule has 2 saturated heterocycles. The van der Waals surface area contributed by atoms with Gasteiger partial charge >= 0.3 is 5.97 Å². The number of carbonyl (C=O) groups excluding carboxylic acids is 3. The number of ether oxygens (including phenoxy) is 1. The molecule has 2 heterocycles. The lowest BCUT2D eigenvalue weighted by Gasteiger charge is -2.44. The highest BCUT2D eigenvalue weighted by Crippen LogP contribution is 2.48. The average Bonchev–Trinajstić information content (AvgIpc) is 2.86. The summed E-state index contributed by atoms with van der Waals surface area (Å²) < 4.78 is 4.87. The maximum absolute atomic E-state index is 12.7. The molecule has 102 valence electrons. The van der Waals surface area contributed by atoms with Gasteiger partial charge < -0.3 is 9.64 Å². The zero-order valence-corrected chi connectivity index (χ0v) is 11.0. The second kappa shape index (κ2) is 4.18. The fourth-order valence-corrected chi connectivity index (χ4v) is 3.65. The van der Waals surface area contributed by atoms with Gasteiger partial charge in [0.1, 0.15) is 0 Å². The highest BCUT2D eigenvalue weighted by Gasteiger charge is 2.58. The van der Waals surface area contributed by atoms with E-state index in [4.69, 9.17) is 4.74 Å². The van der Waals surface area contributed by atoms with E-state index >= 15 is 0 Å². The molecule has 2 fully saturated rings. The van der Waals surface area contributed by atoms with Crippen LogP contribution in [0, 0.1) is 5.41 Å². The molecular formula is C14H17NO4. The molecule has 0 aromatic heterocycles. The Hall–Kier alpha value is -1.65. The van der Waals surface area contributed by atoms with Crippen LogP contribution in [-0.2, 0) is 19.1 Å². The van der Waals surface area contributed by atoms with Crippen molar-refractivity contribution in [3.05, 3.63) is 11.6 Å². The third-order valence-corrected chi connectivity index (χ3v) is 4.62. The minimum Gasteiger partial charge on any atom is -0.468 e. The van der Waals surface area contributed by atoms with Crippen LogP contribution in [0.1, 0.15) is 32.1 Å². The molecule has 2 atom stereocenters. The SMILES string of the molecule is COC(=O)[C@]12CCC(=O)C=C1C[C@@H]1CCCN1C2=O. The van der Waals surface area contributed by atoms with Crippen molar-refractivity contribution in [2.24, 2.45) is 5.41 Å². The number of fused-ring (bicyclic) bond motifs is 2. The number of rotatable bonds is 1. The molecule has 0 radical (unpaired) electrons. The van der Waals surface area contributed by atoms with Crippen molar-refractivity contribution < 1.29 is 19.1 Å². The zero-order chi connectivity index (χ0) is 13.6. The normalized spacial score (nSPS) is 33.6. The Morgan fingerprint density at radius 3 is 3.00 bits per heavy atom. The lowest BCUT2D eigenvalue weighted by Crippen LogP contribution is -2.57. The second-order valence-corrected chi connectivity index (χ2v) is 5.53. The number of allylic oxidation sites excluding steroid dienone is 1. The number of methoxy groups -OCH3 is 1. The molecule has 0 aromatic rings. The van der Waals surface area contributed by atoms with Crippen LogP contribution in [0.3, 0.4) is 0 Å². The summed E-state index contributed by atoms with van der Waals surface area (Å²) in [6.45, 7) is 0.712. The second-order valence-electron chi connectivity index (χ2n) is 5.53. The van der Waals surface area contributed by atoms with Gasteiger partial charge in [-0.3, -0.25) is 14.4 Å². The Labute approximate surface area is 111 Å². The molecule has 5 heteroatoms. The topological polar surface area (TPSA) is 63.7 Å². The number of ketones is 1. The standard InChI is InChI=1S/C14H17NO4/c1-19-13(18)14-5-4-11(16)8-9(14)7-10-3-2-6-15(10)12(14)17/h8,10H,2-7H2,1H3/t10-,14+/m0/s1. The third-order valence-electron chi connectivity index (χ3n) is 4.62. The maximum atomic E-state index is 12.7. The molecule has 0 aromatic carbocycles. The van der Waals surface area contributed by atoms with E-state index in [2.05, 4.69) is 0 Å². The monoisotopic (exact) mass is 263 g/mol. The van der Waals surface area contributed by atoms with E-state index in [1.165, 1.54) is 13.2 Å². The van der Waals surface area contributed by atoms with Crippen LogP contribution in [-0.4, -0.2) is 42.3 Å². The maximum Gasteiger partial charge on any atom is 0.325 e. The number of piperidine rings is 1. The van der Waals surface area contributed by atoms with Gasteiger partial charge in [0, 0.05) is 19.0 Å². The Balaban J connectivity index is 2.09. The molecule has 3 rings (SSSR count). The first kappa shape index (κ1) is 12.4. The summed E-state index contributed by atoms with van der Waals surface area (Å²) in [7, 11) is 1.30. The van der Waals surface area contributed by atoms with Gasteiger partial charge in [-0.05, 0) is 37.3 Å². The average molecular weight is 263 g/mol. The van der Waals surface area contributed by atoms with Crippen molar-refractivity contribution >= 4 is 17.7 Å². The van der Waals surface area contributed by atoms with E-state index in [1.54, 1.807) is 0 Å². The number of carbonyl (C=O) groups is 3. The first-order valence-electron chi connectivity index (χ1n) is 6.73. The van der Waals surface area contributed by atoms with Gasteiger partial charge in [0.2, 0.25) is 5.91 Å². The van der Waals surface area contributed by atoms with Gasteiger partial charge in [0.15, 0.2) is 11.2 Å². The molecule has 3 aliphatic rings. The van der Waals surface area contributed by atoms with Gasteiger partial charge in [-0.25, -0.2) is 0 Å². The Morgan fingerprint density at radius 1 is 1.47 bits per heavy atom. The predicted molar refractivity (Wildman–Crippen MR) is 66.1 cm³/mol. The molecule has 1 amide bonds. The van der Waals surface area contributed by atoms with E-state index in [1.807, 2.05) is 4.90 Å². The Bertz CT molecular complexity index is 496. The molecule has 0 saturated carbocycles. The van der Waals surface area contributed by atoms with Crippen molar-refractivity contribution in [2.75, 3.05) is 13.7 Å². The summed E-state index contributed by atoms with van der Waals surface area (Å²) in [4.78, 5) is 38.4. The van der Waals surface area contributed by atoms with Crippen LogP contribution in [0.4, 0.5) is 0 Å². The van der Waals surface area contributed by atoms with E-state index in [-0.39, 0.29) is 30.6 Å². The number of amides is 1. The molecule has 0 unspecified atom stereocenters. The smallest absolute Gasteiger partial charge is 0.325 e. The van der Waals surface area contributed by atoms with Gasteiger partial charge in [-0.15, -0.1) is 0 Å². The van der Waals surface area contributed by atoms with Crippen LogP contribution in [0.25, 0.3) is 0 Å². The van der Waals surface area contributed by atoms with Crippen molar-refractivity contribution in [1.82, 2.24) is 4.90 Å². The predicted octanol–water partition coefficient (Wildman–Crippen LogP) is 0.830. The fourth-order valence-electron chi connectivity index (χ4n) is 3.65. The van der Waals surface area contributed by atoms with Crippen LogP contribution in [0.15, 0.2) is 11.6 Å². The van der Waals surface area contributed by atoms with Crippen LogP contribution in [0.2, 0.25) is 0 Å². The minimum atomic E-state index is -1.22. The third kappa shape index (κ3) is 1.57. The molecule has 5 nitrogen and oxygen atoms in total. The molecular weight excluding hydrogens is 246 g/mol. The molecule has 0 spiro atoms. The number of hydrogen-bond acceptors (Lipinski definition) is 4.